The van der Waals surface area contributed by atoms with Crippen LogP contribution in [0.4, 0.5) is 10.5 Å². The molecule has 1 aromatic rings. The molecule has 0 aromatic heterocycles. The molecule has 5 nitrogen and oxygen atoms in total. The summed E-state index contributed by atoms with van der Waals surface area (Å²) in [6.45, 7) is 2.35. The van der Waals surface area contributed by atoms with Crippen molar-refractivity contribution in [3.05, 3.63) is 34.7 Å². The van der Waals surface area contributed by atoms with Gasteiger partial charge in [0.15, 0.2) is 0 Å². The van der Waals surface area contributed by atoms with Crippen LogP contribution in [0, 0.1) is 0 Å². The van der Waals surface area contributed by atoms with Gasteiger partial charge in [-0.05, 0) is 61.5 Å². The quantitative estimate of drug-likeness (QED) is 0.784. The molecule has 24 heavy (non-hydrogen) atoms. The number of carbonyl (C=O) groups is 2. The molecule has 2 saturated heterocycles. The first-order valence-electron chi connectivity index (χ1n) is 8.30. The number of piperidine rings is 1. The largest absolute Gasteiger partial charge is 0.378 e. The fraction of sp³-hybridized carbons (Fsp3) is 0.444. The molecule has 0 atom stereocenters. The normalized spacial score (nSPS) is 20.9. The third kappa shape index (κ3) is 3.82. The van der Waals surface area contributed by atoms with Gasteiger partial charge in [-0.2, -0.15) is 0 Å². The fourth-order valence-corrected chi connectivity index (χ4v) is 3.77. The van der Waals surface area contributed by atoms with E-state index in [-0.39, 0.29) is 11.1 Å². The molecule has 2 aliphatic heterocycles. The molecule has 0 aliphatic carbocycles. The predicted molar refractivity (Wildman–Crippen MR) is 98.9 cm³/mol. The zero-order valence-corrected chi connectivity index (χ0v) is 15.0. The summed E-state index contributed by atoms with van der Waals surface area (Å²) < 4.78 is 0. The van der Waals surface area contributed by atoms with Crippen molar-refractivity contribution in [2.24, 2.45) is 0 Å². The van der Waals surface area contributed by atoms with Crippen molar-refractivity contribution >= 4 is 34.7 Å². The van der Waals surface area contributed by atoms with Crippen molar-refractivity contribution in [1.29, 1.82) is 0 Å². The fourth-order valence-electron chi connectivity index (χ4n) is 2.94. The maximum absolute atomic E-state index is 12.6. The Bertz CT molecular complexity index is 649. The number of benzene rings is 1. The third-order valence-electron chi connectivity index (χ3n) is 4.37. The molecule has 0 radical (unpaired) electrons. The van der Waals surface area contributed by atoms with Gasteiger partial charge in [-0.1, -0.05) is 18.6 Å². The summed E-state index contributed by atoms with van der Waals surface area (Å²) >= 11 is 1.04. The van der Waals surface area contributed by atoms with Gasteiger partial charge in [0, 0.05) is 19.8 Å². The van der Waals surface area contributed by atoms with E-state index in [0.717, 1.165) is 48.9 Å². The average Bonchev–Trinajstić information content (AvgIpc) is 2.84. The SMILES string of the molecule is CN(C)c1ccc(/C=C2\SC(=O)N(CN3CCCCC3)C2=O)cc1. The number of rotatable bonds is 4. The zero-order chi connectivity index (χ0) is 17.1. The van der Waals surface area contributed by atoms with Crippen molar-refractivity contribution in [3.63, 3.8) is 0 Å². The molecule has 2 heterocycles. The van der Waals surface area contributed by atoms with E-state index in [1.807, 2.05) is 43.3 Å². The Morgan fingerprint density at radius 3 is 2.38 bits per heavy atom. The molecule has 2 aliphatic rings. The second kappa shape index (κ2) is 7.40. The standard InChI is InChI=1S/C18H23N3O2S/c1-19(2)15-8-6-14(7-9-15)12-16-17(22)21(18(23)24-16)13-20-10-4-3-5-11-20/h6-9,12H,3-5,10-11,13H2,1-2H3/b16-12-. The van der Waals surface area contributed by atoms with Gasteiger partial charge in [-0.25, -0.2) is 0 Å². The lowest BCUT2D eigenvalue weighted by atomic mass is 10.1. The molecule has 0 saturated carbocycles. The minimum atomic E-state index is -0.174. The Morgan fingerprint density at radius 1 is 1.08 bits per heavy atom. The van der Waals surface area contributed by atoms with Crippen LogP contribution < -0.4 is 4.90 Å². The minimum Gasteiger partial charge on any atom is -0.378 e. The first-order valence-corrected chi connectivity index (χ1v) is 9.11. The molecule has 0 unspecified atom stereocenters. The summed E-state index contributed by atoms with van der Waals surface area (Å²) in [4.78, 5) is 30.8. The van der Waals surface area contributed by atoms with E-state index in [9.17, 15) is 9.59 Å². The van der Waals surface area contributed by atoms with Crippen LogP contribution in [0.25, 0.3) is 6.08 Å². The van der Waals surface area contributed by atoms with Crippen LogP contribution in [-0.4, -0.2) is 54.8 Å². The molecule has 0 spiro atoms. The lowest BCUT2D eigenvalue weighted by Gasteiger charge is -2.29. The van der Waals surface area contributed by atoms with Gasteiger partial charge in [0.1, 0.15) is 0 Å². The maximum atomic E-state index is 12.6. The Kier molecular flexibility index (Phi) is 5.26. The van der Waals surface area contributed by atoms with E-state index in [2.05, 4.69) is 4.90 Å². The highest BCUT2D eigenvalue weighted by molar-refractivity contribution is 8.18. The summed E-state index contributed by atoms with van der Waals surface area (Å²) in [5.74, 6) is -0.174. The molecule has 2 amide bonds. The predicted octanol–water partition coefficient (Wildman–Crippen LogP) is 3.23. The van der Waals surface area contributed by atoms with Crippen molar-refractivity contribution < 1.29 is 9.59 Å². The Balaban J connectivity index is 1.70. The highest BCUT2D eigenvalue weighted by Crippen LogP contribution is 2.32. The smallest absolute Gasteiger partial charge is 0.294 e. The van der Waals surface area contributed by atoms with E-state index in [1.165, 1.54) is 11.3 Å². The highest BCUT2D eigenvalue weighted by atomic mass is 32.2. The number of imide groups is 1. The summed E-state index contributed by atoms with van der Waals surface area (Å²) in [7, 11) is 3.97. The highest BCUT2D eigenvalue weighted by Gasteiger charge is 2.36. The van der Waals surface area contributed by atoms with E-state index >= 15 is 0 Å². The van der Waals surface area contributed by atoms with Crippen molar-refractivity contribution in [2.75, 3.05) is 38.8 Å². The number of likely N-dealkylation sites (tertiary alicyclic amines) is 1. The summed E-state index contributed by atoms with van der Waals surface area (Å²) in [5, 5.41) is -0.165. The van der Waals surface area contributed by atoms with E-state index < -0.39 is 0 Å². The van der Waals surface area contributed by atoms with Crippen LogP contribution in [0.15, 0.2) is 29.2 Å². The average molecular weight is 345 g/mol. The number of amides is 2. The molecule has 1 aromatic carbocycles. The van der Waals surface area contributed by atoms with Gasteiger partial charge in [-0.15, -0.1) is 0 Å². The van der Waals surface area contributed by atoms with Gasteiger partial charge in [0.25, 0.3) is 11.1 Å². The Hall–Kier alpha value is -1.79. The molecule has 3 rings (SSSR count). The number of hydrogen-bond donors (Lipinski definition) is 0. The first kappa shape index (κ1) is 17.0. The summed E-state index contributed by atoms with van der Waals surface area (Å²) in [6.07, 6.45) is 5.33. The van der Waals surface area contributed by atoms with E-state index in [0.29, 0.717) is 11.6 Å². The van der Waals surface area contributed by atoms with Gasteiger partial charge in [-0.3, -0.25) is 19.4 Å². The number of thioether (sulfide) groups is 1. The summed E-state index contributed by atoms with van der Waals surface area (Å²) in [5.41, 5.74) is 2.04. The van der Waals surface area contributed by atoms with E-state index in [4.69, 9.17) is 0 Å². The molecule has 0 bridgehead atoms. The van der Waals surface area contributed by atoms with Crippen molar-refractivity contribution in [2.45, 2.75) is 19.3 Å². The van der Waals surface area contributed by atoms with Gasteiger partial charge >= 0.3 is 0 Å². The summed E-state index contributed by atoms with van der Waals surface area (Å²) in [6, 6.07) is 7.94. The number of anilines is 1. The topological polar surface area (TPSA) is 43.9 Å². The van der Waals surface area contributed by atoms with Gasteiger partial charge in [0.05, 0.1) is 11.6 Å². The molecular formula is C18H23N3O2S. The number of carbonyl (C=O) groups excluding carboxylic acids is 2. The lowest BCUT2D eigenvalue weighted by Crippen LogP contribution is -2.42. The van der Waals surface area contributed by atoms with E-state index in [1.54, 1.807) is 6.08 Å². The van der Waals surface area contributed by atoms with Crippen LogP contribution in [0.1, 0.15) is 24.8 Å². The van der Waals surface area contributed by atoms with Crippen LogP contribution in [0.2, 0.25) is 0 Å². The van der Waals surface area contributed by atoms with Crippen LogP contribution >= 0.6 is 11.8 Å². The molecule has 2 fully saturated rings. The maximum Gasteiger partial charge on any atom is 0.294 e. The van der Waals surface area contributed by atoms with Crippen molar-refractivity contribution in [3.8, 4) is 0 Å². The number of nitrogens with zero attached hydrogens (tertiary/aromatic N) is 3. The lowest BCUT2D eigenvalue weighted by molar-refractivity contribution is -0.124. The Labute approximate surface area is 147 Å². The van der Waals surface area contributed by atoms with Crippen LogP contribution in [0.3, 0.4) is 0 Å². The first-order chi connectivity index (χ1) is 11.5. The minimum absolute atomic E-state index is 0.165. The monoisotopic (exact) mass is 345 g/mol. The Morgan fingerprint density at radius 2 is 1.75 bits per heavy atom. The van der Waals surface area contributed by atoms with Crippen LogP contribution in [-0.2, 0) is 4.79 Å². The molecule has 128 valence electrons. The second-order valence-electron chi connectivity index (χ2n) is 6.42. The number of hydrogen-bond acceptors (Lipinski definition) is 5. The zero-order valence-electron chi connectivity index (χ0n) is 14.2. The third-order valence-corrected chi connectivity index (χ3v) is 5.28. The second-order valence-corrected chi connectivity index (χ2v) is 7.41. The van der Waals surface area contributed by atoms with Gasteiger partial charge in [0.2, 0.25) is 0 Å². The van der Waals surface area contributed by atoms with Crippen LogP contribution in [0.5, 0.6) is 0 Å². The molecule has 0 N–H and O–H groups in total. The molecular weight excluding hydrogens is 322 g/mol. The van der Waals surface area contributed by atoms with Crippen molar-refractivity contribution in [1.82, 2.24) is 9.80 Å². The molecule has 6 heteroatoms. The van der Waals surface area contributed by atoms with Gasteiger partial charge < -0.3 is 4.90 Å².